The van der Waals surface area contributed by atoms with Crippen molar-refractivity contribution < 1.29 is 20.5 Å². The lowest BCUT2D eigenvalue weighted by Crippen LogP contribution is -2.15. The monoisotopic (exact) mass is 125 g/mol. The van der Waals surface area contributed by atoms with Gasteiger partial charge in [0.2, 0.25) is 0 Å². The fourth-order valence-corrected chi connectivity index (χ4v) is 0.0577. The Morgan fingerprint density at radius 3 is 1.38 bits per heavy atom. The minimum Gasteiger partial charge on any atom is -0.394 e. The molecule has 0 saturated heterocycles. The van der Waals surface area contributed by atoms with Gasteiger partial charge in [-0.2, -0.15) is 0 Å². The third-order valence-corrected chi connectivity index (χ3v) is 0.421. The van der Waals surface area contributed by atoms with Crippen molar-refractivity contribution in [1.29, 1.82) is 0 Å². The van der Waals surface area contributed by atoms with Crippen molar-refractivity contribution in [2.24, 2.45) is 5.90 Å². The van der Waals surface area contributed by atoms with E-state index < -0.39 is 6.10 Å². The minimum atomic E-state index is -0.954. The van der Waals surface area contributed by atoms with Crippen LogP contribution in [0.3, 0.4) is 0 Å². The third-order valence-electron chi connectivity index (χ3n) is 0.421. The molecule has 0 aliphatic rings. The molecular weight excluding hydrogens is 114 g/mol. The molecule has 0 aliphatic heterocycles. The van der Waals surface area contributed by atoms with E-state index in [1.807, 2.05) is 0 Å². The highest BCUT2D eigenvalue weighted by molar-refractivity contribution is 4.43. The predicted octanol–water partition coefficient (Wildman–Crippen LogP) is -2.33. The second-order valence-corrected chi connectivity index (χ2v) is 1.02. The van der Waals surface area contributed by atoms with E-state index in [0.29, 0.717) is 0 Å². The van der Waals surface area contributed by atoms with Crippen LogP contribution in [-0.2, 0) is 0 Å². The SMILES string of the molecule is NO.OCC(O)CO. The van der Waals surface area contributed by atoms with Crippen molar-refractivity contribution in [3.8, 4) is 0 Å². The summed E-state index contributed by atoms with van der Waals surface area (Å²) in [5, 5.41) is 30.5. The lowest BCUT2D eigenvalue weighted by atomic mass is 10.4. The molecule has 0 saturated carbocycles. The average molecular weight is 125 g/mol. The van der Waals surface area contributed by atoms with E-state index in [0.717, 1.165) is 0 Å². The number of nitrogens with two attached hydrogens (primary N) is 1. The molecule has 0 aromatic carbocycles. The maximum absolute atomic E-state index is 8.17. The number of hydrogen-bond acceptors (Lipinski definition) is 5. The summed E-state index contributed by atoms with van der Waals surface area (Å²) in [4.78, 5) is 0. The highest BCUT2D eigenvalue weighted by Gasteiger charge is 1.93. The Labute approximate surface area is 46.9 Å². The second-order valence-electron chi connectivity index (χ2n) is 1.02. The second kappa shape index (κ2) is 9.93. The zero-order chi connectivity index (χ0) is 6.99. The maximum atomic E-state index is 8.17. The first-order valence-electron chi connectivity index (χ1n) is 1.97. The van der Waals surface area contributed by atoms with Crippen LogP contribution in [0.5, 0.6) is 0 Å². The molecule has 0 aromatic rings. The number of aliphatic hydroxyl groups excluding tert-OH is 3. The third kappa shape index (κ3) is 9.25. The molecule has 0 fully saturated rings. The van der Waals surface area contributed by atoms with Gasteiger partial charge in [0.15, 0.2) is 0 Å². The highest BCUT2D eigenvalue weighted by Crippen LogP contribution is 1.71. The fourth-order valence-electron chi connectivity index (χ4n) is 0.0577. The van der Waals surface area contributed by atoms with Crippen molar-refractivity contribution in [1.82, 2.24) is 0 Å². The molecule has 0 heterocycles. The van der Waals surface area contributed by atoms with E-state index >= 15 is 0 Å². The minimum absolute atomic E-state index is 0.365. The molecule has 0 aromatic heterocycles. The zero-order valence-corrected chi connectivity index (χ0v) is 4.36. The van der Waals surface area contributed by atoms with E-state index in [9.17, 15) is 0 Å². The normalized spacial score (nSPS) is 8.25. The molecule has 0 atom stereocenters. The van der Waals surface area contributed by atoms with Crippen LogP contribution in [0.25, 0.3) is 0 Å². The summed E-state index contributed by atoms with van der Waals surface area (Å²) in [6.45, 7) is -0.729. The summed E-state index contributed by atoms with van der Waals surface area (Å²) < 4.78 is 0. The molecule has 0 rings (SSSR count). The Morgan fingerprint density at radius 2 is 1.38 bits per heavy atom. The van der Waals surface area contributed by atoms with E-state index in [4.69, 9.17) is 20.5 Å². The molecule has 0 spiro atoms. The molecule has 0 amide bonds. The Hall–Kier alpha value is -0.200. The van der Waals surface area contributed by atoms with Gasteiger partial charge < -0.3 is 20.5 Å². The molecule has 0 radical (unpaired) electrons. The van der Waals surface area contributed by atoms with Crippen LogP contribution in [0, 0.1) is 0 Å². The van der Waals surface area contributed by atoms with Crippen LogP contribution in [0.1, 0.15) is 0 Å². The van der Waals surface area contributed by atoms with Crippen LogP contribution in [0.15, 0.2) is 0 Å². The smallest absolute Gasteiger partial charge is 0.100 e. The van der Waals surface area contributed by atoms with Gasteiger partial charge in [-0.15, -0.1) is 0 Å². The van der Waals surface area contributed by atoms with Crippen molar-refractivity contribution in [2.75, 3.05) is 13.2 Å². The Bertz CT molecular complexity index is 30.5. The van der Waals surface area contributed by atoms with Gasteiger partial charge in [-0.1, -0.05) is 0 Å². The summed E-state index contributed by atoms with van der Waals surface area (Å²) in [6, 6.07) is 0. The predicted molar refractivity (Wildman–Crippen MR) is 26.2 cm³/mol. The van der Waals surface area contributed by atoms with E-state index in [2.05, 4.69) is 5.90 Å². The topological polar surface area (TPSA) is 107 Å². The zero-order valence-electron chi connectivity index (χ0n) is 4.36. The first kappa shape index (κ1) is 10.7. The van der Waals surface area contributed by atoms with Gasteiger partial charge in [-0.3, -0.25) is 0 Å². The van der Waals surface area contributed by atoms with Crippen molar-refractivity contribution in [2.45, 2.75) is 6.10 Å². The van der Waals surface area contributed by atoms with Crippen molar-refractivity contribution >= 4 is 0 Å². The summed E-state index contributed by atoms with van der Waals surface area (Å²) in [5.74, 6) is 3.50. The molecule has 0 aliphatic carbocycles. The van der Waals surface area contributed by atoms with Crippen LogP contribution < -0.4 is 5.90 Å². The number of hydrogen-bond donors (Lipinski definition) is 5. The van der Waals surface area contributed by atoms with E-state index in [-0.39, 0.29) is 13.2 Å². The van der Waals surface area contributed by atoms with Gasteiger partial charge in [-0.05, 0) is 0 Å². The molecule has 0 bridgehead atoms. The summed E-state index contributed by atoms with van der Waals surface area (Å²) in [6.07, 6.45) is -0.954. The van der Waals surface area contributed by atoms with Gasteiger partial charge in [-0.25, -0.2) is 5.90 Å². The number of aliphatic hydroxyl groups is 3. The molecule has 52 valence electrons. The first-order chi connectivity index (χ1) is 3.81. The van der Waals surface area contributed by atoms with Crippen molar-refractivity contribution in [3.05, 3.63) is 0 Å². The quantitative estimate of drug-likeness (QED) is 0.266. The van der Waals surface area contributed by atoms with Gasteiger partial charge in [0.05, 0.1) is 13.2 Å². The van der Waals surface area contributed by atoms with Crippen LogP contribution >= 0.6 is 0 Å². The molecule has 5 nitrogen and oxygen atoms in total. The number of rotatable bonds is 2. The van der Waals surface area contributed by atoms with Crippen LogP contribution in [0.4, 0.5) is 0 Å². The summed E-state index contributed by atoms with van der Waals surface area (Å²) in [5.41, 5.74) is 0. The highest BCUT2D eigenvalue weighted by atomic mass is 16.4. The summed E-state index contributed by atoms with van der Waals surface area (Å²) >= 11 is 0. The average Bonchev–Trinajstić information content (AvgIpc) is 1.91. The van der Waals surface area contributed by atoms with Crippen molar-refractivity contribution in [3.63, 3.8) is 0 Å². The Balaban J connectivity index is 0. The largest absolute Gasteiger partial charge is 0.394 e. The van der Waals surface area contributed by atoms with Gasteiger partial charge in [0.25, 0.3) is 0 Å². The maximum Gasteiger partial charge on any atom is 0.100 e. The molecule has 5 heteroatoms. The summed E-state index contributed by atoms with van der Waals surface area (Å²) in [7, 11) is 0. The van der Waals surface area contributed by atoms with E-state index in [1.54, 1.807) is 0 Å². The standard InChI is InChI=1S/C3H8O3.H3NO/c4-1-3(6)2-5;1-2/h3-6H,1-2H2;2H,1H2. The first-order valence-corrected chi connectivity index (χ1v) is 1.97. The van der Waals surface area contributed by atoms with Gasteiger partial charge in [0, 0.05) is 0 Å². The molecule has 0 unspecified atom stereocenters. The fraction of sp³-hybridized carbons (Fsp3) is 1.00. The Morgan fingerprint density at radius 1 is 1.12 bits per heavy atom. The van der Waals surface area contributed by atoms with Gasteiger partial charge in [0.1, 0.15) is 6.10 Å². The van der Waals surface area contributed by atoms with Crippen LogP contribution in [0.2, 0.25) is 0 Å². The molecule has 8 heavy (non-hydrogen) atoms. The lowest BCUT2D eigenvalue weighted by molar-refractivity contribution is 0.0450. The molecule has 6 N–H and O–H groups in total. The van der Waals surface area contributed by atoms with E-state index in [1.165, 1.54) is 0 Å². The lowest BCUT2D eigenvalue weighted by Gasteiger charge is -1.96. The Kier molecular flexibility index (Phi) is 13.3. The van der Waals surface area contributed by atoms with Gasteiger partial charge >= 0.3 is 0 Å². The van der Waals surface area contributed by atoms with Crippen LogP contribution in [-0.4, -0.2) is 39.8 Å². The molecular formula is C3H11NO4.